The largest absolute Gasteiger partial charge is 0.478 e. The summed E-state index contributed by atoms with van der Waals surface area (Å²) in [4.78, 5) is 4.38. The molecule has 1 heterocycles. The minimum atomic E-state index is 0.639. The molecule has 0 fully saturated rings. The number of ether oxygens (including phenoxy) is 1. The van der Waals surface area contributed by atoms with Crippen LogP contribution < -0.4 is 10.1 Å². The van der Waals surface area contributed by atoms with Crippen LogP contribution in [-0.2, 0) is 6.42 Å². The van der Waals surface area contributed by atoms with Crippen LogP contribution in [0.3, 0.4) is 0 Å². The van der Waals surface area contributed by atoms with E-state index in [4.69, 9.17) is 4.74 Å². The van der Waals surface area contributed by atoms with Crippen molar-refractivity contribution in [2.24, 2.45) is 0 Å². The van der Waals surface area contributed by atoms with Gasteiger partial charge in [0.2, 0.25) is 5.88 Å². The molecular formula is C16H20N2O. The van der Waals surface area contributed by atoms with E-state index in [-0.39, 0.29) is 0 Å². The maximum atomic E-state index is 5.38. The molecule has 0 unspecified atom stereocenters. The first-order valence-corrected chi connectivity index (χ1v) is 6.67. The molecule has 1 aromatic carbocycles. The molecule has 2 aromatic rings. The van der Waals surface area contributed by atoms with Crippen molar-refractivity contribution in [1.82, 2.24) is 4.98 Å². The molecule has 2 rings (SSSR count). The van der Waals surface area contributed by atoms with Crippen molar-refractivity contribution >= 4 is 5.82 Å². The summed E-state index contributed by atoms with van der Waals surface area (Å²) in [5.74, 6) is 1.53. The molecule has 0 saturated heterocycles. The molecule has 0 aliphatic carbocycles. The normalized spacial score (nSPS) is 10.2. The Kier molecular flexibility index (Phi) is 4.78. The zero-order valence-corrected chi connectivity index (χ0v) is 11.5. The lowest BCUT2D eigenvalue weighted by Crippen LogP contribution is -2.07. The Labute approximate surface area is 114 Å². The van der Waals surface area contributed by atoms with E-state index in [1.807, 2.05) is 25.1 Å². The second kappa shape index (κ2) is 6.78. The number of pyridine rings is 1. The first kappa shape index (κ1) is 13.4. The number of nitrogens with zero attached hydrogens (tertiary/aromatic N) is 1. The third kappa shape index (κ3) is 4.28. The van der Waals surface area contributed by atoms with Crippen molar-refractivity contribution < 1.29 is 4.74 Å². The van der Waals surface area contributed by atoms with Gasteiger partial charge in [0.05, 0.1) is 6.61 Å². The van der Waals surface area contributed by atoms with Gasteiger partial charge < -0.3 is 10.1 Å². The highest BCUT2D eigenvalue weighted by atomic mass is 16.5. The topological polar surface area (TPSA) is 34.1 Å². The molecule has 3 nitrogen and oxygen atoms in total. The number of aryl methyl sites for hydroxylation is 1. The van der Waals surface area contributed by atoms with E-state index in [1.54, 1.807) is 0 Å². The number of hydrogen-bond acceptors (Lipinski definition) is 3. The SMILES string of the molecule is CCOc1cccc(NCCc2cccc(C)c2)n1. The highest BCUT2D eigenvalue weighted by Gasteiger charge is 1.98. The predicted octanol–water partition coefficient (Wildman–Crippen LogP) is 3.44. The van der Waals surface area contributed by atoms with Crippen LogP contribution in [0, 0.1) is 6.92 Å². The van der Waals surface area contributed by atoms with Gasteiger partial charge in [-0.1, -0.05) is 35.9 Å². The number of aromatic nitrogens is 1. The molecule has 100 valence electrons. The molecule has 3 heteroatoms. The average molecular weight is 256 g/mol. The van der Waals surface area contributed by atoms with E-state index in [9.17, 15) is 0 Å². The minimum Gasteiger partial charge on any atom is -0.478 e. The summed E-state index contributed by atoms with van der Waals surface area (Å²) < 4.78 is 5.38. The van der Waals surface area contributed by atoms with Crippen LogP contribution in [0.2, 0.25) is 0 Å². The van der Waals surface area contributed by atoms with Gasteiger partial charge in [0, 0.05) is 12.6 Å². The smallest absolute Gasteiger partial charge is 0.215 e. The second-order valence-corrected chi connectivity index (χ2v) is 4.46. The summed E-state index contributed by atoms with van der Waals surface area (Å²) in [5.41, 5.74) is 2.64. The number of benzene rings is 1. The van der Waals surface area contributed by atoms with Crippen LogP contribution in [0.15, 0.2) is 42.5 Å². The van der Waals surface area contributed by atoms with Gasteiger partial charge in [0.1, 0.15) is 5.82 Å². The number of rotatable bonds is 6. The maximum absolute atomic E-state index is 5.38. The van der Waals surface area contributed by atoms with Crippen molar-refractivity contribution in [3.05, 3.63) is 53.6 Å². The number of nitrogens with one attached hydrogen (secondary N) is 1. The van der Waals surface area contributed by atoms with Crippen LogP contribution >= 0.6 is 0 Å². The molecule has 0 aliphatic rings. The molecule has 0 saturated carbocycles. The third-order valence-electron chi connectivity index (χ3n) is 2.82. The molecule has 19 heavy (non-hydrogen) atoms. The Morgan fingerprint density at radius 2 is 2.00 bits per heavy atom. The van der Waals surface area contributed by atoms with Gasteiger partial charge >= 0.3 is 0 Å². The van der Waals surface area contributed by atoms with Gasteiger partial charge in [-0.05, 0) is 31.9 Å². The van der Waals surface area contributed by atoms with E-state index in [1.165, 1.54) is 11.1 Å². The quantitative estimate of drug-likeness (QED) is 0.859. The van der Waals surface area contributed by atoms with E-state index < -0.39 is 0 Å². The monoisotopic (exact) mass is 256 g/mol. The zero-order chi connectivity index (χ0) is 13.5. The third-order valence-corrected chi connectivity index (χ3v) is 2.82. The van der Waals surface area contributed by atoms with E-state index in [2.05, 4.69) is 41.5 Å². The summed E-state index contributed by atoms with van der Waals surface area (Å²) in [6.07, 6.45) is 0.988. The Balaban J connectivity index is 1.87. The lowest BCUT2D eigenvalue weighted by Gasteiger charge is -2.08. The van der Waals surface area contributed by atoms with Crippen molar-refractivity contribution in [3.63, 3.8) is 0 Å². The molecular weight excluding hydrogens is 236 g/mol. The molecule has 0 aliphatic heterocycles. The van der Waals surface area contributed by atoms with E-state index in [0.717, 1.165) is 18.8 Å². The predicted molar refractivity (Wildman–Crippen MR) is 78.8 cm³/mol. The Bertz CT molecular complexity index is 526. The van der Waals surface area contributed by atoms with Crippen molar-refractivity contribution in [2.75, 3.05) is 18.5 Å². The fourth-order valence-electron chi connectivity index (χ4n) is 1.94. The van der Waals surface area contributed by atoms with E-state index in [0.29, 0.717) is 12.5 Å². The summed E-state index contributed by atoms with van der Waals surface area (Å²) in [6, 6.07) is 14.4. The summed E-state index contributed by atoms with van der Waals surface area (Å²) in [7, 11) is 0. The van der Waals surface area contributed by atoms with Crippen LogP contribution in [0.5, 0.6) is 5.88 Å². The lowest BCUT2D eigenvalue weighted by molar-refractivity contribution is 0.327. The first-order valence-electron chi connectivity index (χ1n) is 6.67. The van der Waals surface area contributed by atoms with Gasteiger partial charge in [0.15, 0.2) is 0 Å². The lowest BCUT2D eigenvalue weighted by atomic mass is 10.1. The summed E-state index contributed by atoms with van der Waals surface area (Å²) in [6.45, 7) is 5.58. The zero-order valence-electron chi connectivity index (χ0n) is 11.5. The molecule has 0 atom stereocenters. The van der Waals surface area contributed by atoms with Crippen LogP contribution in [0.1, 0.15) is 18.1 Å². The minimum absolute atomic E-state index is 0.639. The van der Waals surface area contributed by atoms with Crippen LogP contribution in [0.25, 0.3) is 0 Å². The molecule has 0 bridgehead atoms. The molecule has 1 N–H and O–H groups in total. The van der Waals surface area contributed by atoms with Crippen LogP contribution in [0.4, 0.5) is 5.82 Å². The Hall–Kier alpha value is -2.03. The fraction of sp³-hybridized carbons (Fsp3) is 0.312. The summed E-state index contributed by atoms with van der Waals surface area (Å²) in [5, 5.41) is 3.32. The molecule has 0 spiro atoms. The van der Waals surface area contributed by atoms with Crippen LogP contribution in [-0.4, -0.2) is 18.1 Å². The highest BCUT2D eigenvalue weighted by Crippen LogP contribution is 2.11. The Morgan fingerprint density at radius 3 is 2.79 bits per heavy atom. The fourth-order valence-corrected chi connectivity index (χ4v) is 1.94. The van der Waals surface area contributed by atoms with Gasteiger partial charge in [-0.3, -0.25) is 0 Å². The second-order valence-electron chi connectivity index (χ2n) is 4.46. The molecule has 1 aromatic heterocycles. The maximum Gasteiger partial charge on any atom is 0.215 e. The van der Waals surface area contributed by atoms with E-state index >= 15 is 0 Å². The molecule has 0 amide bonds. The van der Waals surface area contributed by atoms with Gasteiger partial charge in [-0.2, -0.15) is 4.98 Å². The van der Waals surface area contributed by atoms with Crippen molar-refractivity contribution in [3.8, 4) is 5.88 Å². The number of hydrogen-bond donors (Lipinski definition) is 1. The van der Waals surface area contributed by atoms with Crippen molar-refractivity contribution in [1.29, 1.82) is 0 Å². The summed E-state index contributed by atoms with van der Waals surface area (Å²) >= 11 is 0. The average Bonchev–Trinajstić information content (AvgIpc) is 2.40. The number of anilines is 1. The van der Waals surface area contributed by atoms with Crippen molar-refractivity contribution in [2.45, 2.75) is 20.3 Å². The Morgan fingerprint density at radius 1 is 1.16 bits per heavy atom. The van der Waals surface area contributed by atoms with Gasteiger partial charge in [0.25, 0.3) is 0 Å². The van der Waals surface area contributed by atoms with Gasteiger partial charge in [-0.25, -0.2) is 0 Å². The standard InChI is InChI=1S/C16H20N2O/c1-3-19-16-9-5-8-15(18-16)17-11-10-14-7-4-6-13(2)12-14/h4-9,12H,3,10-11H2,1-2H3,(H,17,18). The first-order chi connectivity index (χ1) is 9.28. The molecule has 0 radical (unpaired) electrons. The highest BCUT2D eigenvalue weighted by molar-refractivity contribution is 5.37. The van der Waals surface area contributed by atoms with Gasteiger partial charge in [-0.15, -0.1) is 0 Å².